The topological polar surface area (TPSA) is 23.5 Å². The van der Waals surface area contributed by atoms with Crippen LogP contribution in [0.25, 0.3) is 0 Å². The second-order valence-electron chi connectivity index (χ2n) is 5.00. The lowest BCUT2D eigenvalue weighted by molar-refractivity contribution is 0.0417. The lowest BCUT2D eigenvalue weighted by Gasteiger charge is -2.32. The number of hydrogen-bond acceptors (Lipinski definition) is 2. The van der Waals surface area contributed by atoms with E-state index in [9.17, 15) is 5.11 Å². The van der Waals surface area contributed by atoms with E-state index in [2.05, 4.69) is 63.8 Å². The highest BCUT2D eigenvalue weighted by Gasteiger charge is 2.25. The van der Waals surface area contributed by atoms with E-state index >= 15 is 0 Å². The Hall–Kier alpha value is -0.860. The van der Waals surface area contributed by atoms with Crippen molar-refractivity contribution in [2.75, 3.05) is 13.1 Å². The van der Waals surface area contributed by atoms with Gasteiger partial charge in [-0.15, -0.1) is 0 Å². The van der Waals surface area contributed by atoms with Crippen LogP contribution in [0.3, 0.4) is 0 Å². The van der Waals surface area contributed by atoms with E-state index in [1.165, 1.54) is 5.57 Å². The van der Waals surface area contributed by atoms with E-state index in [0.717, 1.165) is 18.7 Å². The Balaban J connectivity index is 3.02. The fourth-order valence-corrected chi connectivity index (χ4v) is 2.68. The number of hydrogen-bond donors (Lipinski definition) is 1. The van der Waals surface area contributed by atoms with E-state index in [4.69, 9.17) is 0 Å². The fourth-order valence-electron chi connectivity index (χ4n) is 2.68. The first kappa shape index (κ1) is 15.2. The van der Waals surface area contributed by atoms with E-state index < -0.39 is 6.23 Å². The van der Waals surface area contributed by atoms with Crippen LogP contribution >= 0.6 is 0 Å². The SMILES string of the molecule is C/C=C/C1C(C)=C(C(O)N(CC)CC)C=CC1C. The Bertz CT molecular complexity index is 350. The molecule has 18 heavy (non-hydrogen) atoms. The van der Waals surface area contributed by atoms with Gasteiger partial charge in [0.2, 0.25) is 0 Å². The van der Waals surface area contributed by atoms with Crippen molar-refractivity contribution in [2.45, 2.75) is 40.8 Å². The Morgan fingerprint density at radius 3 is 2.50 bits per heavy atom. The first-order chi connectivity index (χ1) is 8.56. The second-order valence-corrected chi connectivity index (χ2v) is 5.00. The molecule has 0 fully saturated rings. The summed E-state index contributed by atoms with van der Waals surface area (Å²) in [7, 11) is 0. The van der Waals surface area contributed by atoms with E-state index in [1.54, 1.807) is 0 Å². The summed E-state index contributed by atoms with van der Waals surface area (Å²) < 4.78 is 0. The third-order valence-electron chi connectivity index (χ3n) is 3.94. The van der Waals surface area contributed by atoms with Crippen LogP contribution in [0.1, 0.15) is 34.6 Å². The molecule has 1 aliphatic rings. The van der Waals surface area contributed by atoms with Crippen molar-refractivity contribution >= 4 is 0 Å². The minimum absolute atomic E-state index is 0.417. The third-order valence-corrected chi connectivity index (χ3v) is 3.94. The quantitative estimate of drug-likeness (QED) is 0.596. The van der Waals surface area contributed by atoms with Gasteiger partial charge in [0.05, 0.1) is 0 Å². The summed E-state index contributed by atoms with van der Waals surface area (Å²) in [5.74, 6) is 0.925. The Morgan fingerprint density at radius 2 is 2.00 bits per heavy atom. The number of rotatable bonds is 5. The van der Waals surface area contributed by atoms with Crippen LogP contribution in [0.4, 0.5) is 0 Å². The molecule has 0 aliphatic heterocycles. The molecule has 2 nitrogen and oxygen atoms in total. The highest BCUT2D eigenvalue weighted by molar-refractivity contribution is 5.36. The summed E-state index contributed by atoms with van der Waals surface area (Å²) in [5, 5.41) is 10.5. The van der Waals surface area contributed by atoms with Gasteiger partial charge in [0.15, 0.2) is 0 Å². The number of likely N-dealkylation sites (N-methyl/N-ethyl adjacent to an activating group) is 1. The molecule has 0 aromatic carbocycles. The monoisotopic (exact) mass is 249 g/mol. The zero-order chi connectivity index (χ0) is 13.7. The molecule has 2 heteroatoms. The zero-order valence-electron chi connectivity index (χ0n) is 12.4. The van der Waals surface area contributed by atoms with Crippen molar-refractivity contribution in [2.24, 2.45) is 11.8 Å². The van der Waals surface area contributed by atoms with Gasteiger partial charge in [-0.05, 0) is 38.4 Å². The summed E-state index contributed by atoms with van der Waals surface area (Å²) in [5.41, 5.74) is 2.36. The largest absolute Gasteiger partial charge is 0.374 e. The normalized spacial score (nSPS) is 26.4. The maximum atomic E-state index is 10.5. The van der Waals surface area contributed by atoms with Crippen LogP contribution in [0.15, 0.2) is 35.5 Å². The van der Waals surface area contributed by atoms with E-state index in [-0.39, 0.29) is 0 Å². The summed E-state index contributed by atoms with van der Waals surface area (Å²) in [6.07, 6.45) is 8.17. The van der Waals surface area contributed by atoms with Gasteiger partial charge in [0.25, 0.3) is 0 Å². The lowest BCUT2D eigenvalue weighted by Crippen LogP contribution is -2.37. The average molecular weight is 249 g/mol. The van der Waals surface area contributed by atoms with Gasteiger partial charge in [0, 0.05) is 5.92 Å². The number of aliphatic hydroxyl groups excluding tert-OH is 1. The summed E-state index contributed by atoms with van der Waals surface area (Å²) >= 11 is 0. The zero-order valence-corrected chi connectivity index (χ0v) is 12.4. The highest BCUT2D eigenvalue weighted by Crippen LogP contribution is 2.32. The highest BCUT2D eigenvalue weighted by atomic mass is 16.3. The molecule has 0 radical (unpaired) electrons. The van der Waals surface area contributed by atoms with Crippen molar-refractivity contribution in [3.05, 3.63) is 35.5 Å². The van der Waals surface area contributed by atoms with Crippen molar-refractivity contribution < 1.29 is 5.11 Å². The number of aliphatic hydroxyl groups is 1. The molecule has 0 bridgehead atoms. The molecule has 0 spiro atoms. The van der Waals surface area contributed by atoms with E-state index in [0.29, 0.717) is 11.8 Å². The molecule has 0 aromatic heterocycles. The maximum Gasteiger partial charge on any atom is 0.133 e. The Morgan fingerprint density at radius 1 is 1.39 bits per heavy atom. The van der Waals surface area contributed by atoms with Crippen LogP contribution in [-0.2, 0) is 0 Å². The van der Waals surface area contributed by atoms with Crippen molar-refractivity contribution in [3.8, 4) is 0 Å². The molecule has 102 valence electrons. The molecule has 0 saturated carbocycles. The predicted octanol–water partition coefficient (Wildman–Crippen LogP) is 3.36. The molecule has 0 amide bonds. The molecular formula is C16H27NO. The third kappa shape index (κ3) is 3.12. The van der Waals surface area contributed by atoms with Gasteiger partial charge in [-0.1, -0.05) is 50.6 Å². The predicted molar refractivity (Wildman–Crippen MR) is 78.2 cm³/mol. The van der Waals surface area contributed by atoms with Gasteiger partial charge in [-0.25, -0.2) is 0 Å². The van der Waals surface area contributed by atoms with E-state index in [1.807, 2.05) is 0 Å². The Kier molecular flexibility index (Phi) is 5.83. The van der Waals surface area contributed by atoms with Gasteiger partial charge >= 0.3 is 0 Å². The van der Waals surface area contributed by atoms with Gasteiger partial charge in [0.1, 0.15) is 6.23 Å². The molecule has 3 unspecified atom stereocenters. The van der Waals surface area contributed by atoms with Crippen LogP contribution in [0, 0.1) is 11.8 Å². The van der Waals surface area contributed by atoms with Gasteiger partial charge in [-0.3, -0.25) is 4.90 Å². The number of allylic oxidation sites excluding steroid dienone is 4. The molecule has 0 aromatic rings. The van der Waals surface area contributed by atoms with Crippen LogP contribution < -0.4 is 0 Å². The average Bonchev–Trinajstić information content (AvgIpc) is 2.36. The van der Waals surface area contributed by atoms with Crippen LogP contribution in [0.5, 0.6) is 0 Å². The van der Waals surface area contributed by atoms with Gasteiger partial charge < -0.3 is 5.11 Å². The lowest BCUT2D eigenvalue weighted by atomic mass is 9.80. The molecule has 0 saturated heterocycles. The Labute approximate surface area is 112 Å². The molecular weight excluding hydrogens is 222 g/mol. The van der Waals surface area contributed by atoms with Crippen molar-refractivity contribution in [1.29, 1.82) is 0 Å². The van der Waals surface area contributed by atoms with Crippen LogP contribution in [0.2, 0.25) is 0 Å². The van der Waals surface area contributed by atoms with Crippen LogP contribution in [-0.4, -0.2) is 29.3 Å². The molecule has 1 aliphatic carbocycles. The molecule has 1 rings (SSSR count). The second kappa shape index (κ2) is 6.91. The maximum absolute atomic E-state index is 10.5. The van der Waals surface area contributed by atoms with Crippen molar-refractivity contribution in [3.63, 3.8) is 0 Å². The first-order valence-corrected chi connectivity index (χ1v) is 7.00. The van der Waals surface area contributed by atoms with Gasteiger partial charge in [-0.2, -0.15) is 0 Å². The molecule has 3 atom stereocenters. The smallest absolute Gasteiger partial charge is 0.133 e. The van der Waals surface area contributed by atoms with Crippen molar-refractivity contribution in [1.82, 2.24) is 4.90 Å². The first-order valence-electron chi connectivity index (χ1n) is 7.00. The minimum Gasteiger partial charge on any atom is -0.374 e. The standard InChI is InChI=1S/C16H27NO/c1-6-9-14-12(4)10-11-15(13(14)5)16(18)17(7-2)8-3/h6,9-12,14,16,18H,7-8H2,1-5H3/b9-6+. The fraction of sp³-hybridized carbons (Fsp3) is 0.625. The molecule has 0 heterocycles. The summed E-state index contributed by atoms with van der Waals surface area (Å²) in [6.45, 7) is 12.3. The summed E-state index contributed by atoms with van der Waals surface area (Å²) in [6, 6.07) is 0. The minimum atomic E-state index is -0.475. The summed E-state index contributed by atoms with van der Waals surface area (Å²) in [4.78, 5) is 2.08. The number of nitrogens with zero attached hydrogens (tertiary/aromatic N) is 1. The molecule has 1 N–H and O–H groups in total.